The van der Waals surface area contributed by atoms with E-state index in [1.807, 2.05) is 49.7 Å². The zero-order valence-electron chi connectivity index (χ0n) is 20.9. The first-order valence-electron chi connectivity index (χ1n) is 11.6. The number of benzene rings is 1. The van der Waals surface area contributed by atoms with Gasteiger partial charge < -0.3 is 19.4 Å². The third kappa shape index (κ3) is 11.1. The molecule has 0 aliphatic rings. The van der Waals surface area contributed by atoms with Crippen LogP contribution in [-0.2, 0) is 25.6 Å². The fourth-order valence-corrected chi connectivity index (χ4v) is 3.16. The Hall–Kier alpha value is -3.19. The van der Waals surface area contributed by atoms with Gasteiger partial charge in [0.05, 0.1) is 6.33 Å². The van der Waals surface area contributed by atoms with Gasteiger partial charge in [0.25, 0.3) is 0 Å². The SMILES string of the molecule is CC(C)C[C@@H](NCC=CC(=O)OCC=Cc1ccc(Cn2ccnc2)cc1)C(=O)OC(C)(C)C. The third-order valence-electron chi connectivity index (χ3n) is 4.67. The van der Waals surface area contributed by atoms with Crippen molar-refractivity contribution in [3.05, 3.63) is 72.3 Å². The molecule has 1 heterocycles. The van der Waals surface area contributed by atoms with E-state index in [4.69, 9.17) is 9.47 Å². The number of rotatable bonds is 12. The van der Waals surface area contributed by atoms with E-state index in [1.54, 1.807) is 24.7 Å². The molecule has 0 amide bonds. The molecule has 1 N–H and O–H groups in total. The van der Waals surface area contributed by atoms with E-state index in [1.165, 1.54) is 11.6 Å². The summed E-state index contributed by atoms with van der Waals surface area (Å²) >= 11 is 0. The van der Waals surface area contributed by atoms with Crippen LogP contribution in [0.3, 0.4) is 0 Å². The smallest absolute Gasteiger partial charge is 0.330 e. The van der Waals surface area contributed by atoms with Gasteiger partial charge in [-0.15, -0.1) is 0 Å². The highest BCUT2D eigenvalue weighted by Gasteiger charge is 2.25. The molecule has 0 spiro atoms. The molecule has 0 fully saturated rings. The molecule has 184 valence electrons. The fourth-order valence-electron chi connectivity index (χ4n) is 3.16. The van der Waals surface area contributed by atoms with Crippen LogP contribution in [0.15, 0.2) is 61.2 Å². The van der Waals surface area contributed by atoms with Crippen LogP contribution in [0.1, 0.15) is 52.2 Å². The zero-order chi connectivity index (χ0) is 25.0. The molecule has 0 radical (unpaired) electrons. The van der Waals surface area contributed by atoms with Crippen LogP contribution in [0.25, 0.3) is 6.08 Å². The third-order valence-corrected chi connectivity index (χ3v) is 4.67. The number of hydrogen-bond acceptors (Lipinski definition) is 6. The molecule has 7 heteroatoms. The van der Waals surface area contributed by atoms with Crippen molar-refractivity contribution in [2.45, 2.75) is 59.2 Å². The van der Waals surface area contributed by atoms with Crippen LogP contribution >= 0.6 is 0 Å². The Balaban J connectivity index is 1.71. The second-order valence-electron chi connectivity index (χ2n) is 9.54. The molecule has 0 unspecified atom stereocenters. The Morgan fingerprint density at radius 3 is 2.50 bits per heavy atom. The highest BCUT2D eigenvalue weighted by atomic mass is 16.6. The number of carbonyl (C=O) groups is 2. The van der Waals surface area contributed by atoms with E-state index >= 15 is 0 Å². The summed E-state index contributed by atoms with van der Waals surface area (Å²) in [5.41, 5.74) is 1.68. The molecule has 0 aliphatic heterocycles. The van der Waals surface area contributed by atoms with Gasteiger partial charge in [-0.3, -0.25) is 4.79 Å². The first-order valence-corrected chi connectivity index (χ1v) is 11.6. The van der Waals surface area contributed by atoms with Gasteiger partial charge in [0, 0.05) is 31.6 Å². The maximum atomic E-state index is 12.4. The van der Waals surface area contributed by atoms with Gasteiger partial charge in [0.2, 0.25) is 0 Å². The summed E-state index contributed by atoms with van der Waals surface area (Å²) in [5, 5.41) is 3.15. The van der Waals surface area contributed by atoms with Crippen molar-refractivity contribution >= 4 is 18.0 Å². The molecule has 7 nitrogen and oxygen atoms in total. The second-order valence-corrected chi connectivity index (χ2v) is 9.54. The number of imidazole rings is 1. The predicted octanol–water partition coefficient (Wildman–Crippen LogP) is 4.39. The second kappa shape index (κ2) is 13.5. The normalized spacial score (nSPS) is 13.0. The Kier molecular flexibility index (Phi) is 10.7. The summed E-state index contributed by atoms with van der Waals surface area (Å²) in [6.07, 6.45) is 12.9. The first kappa shape index (κ1) is 27.1. The van der Waals surface area contributed by atoms with Crippen LogP contribution in [-0.4, -0.2) is 46.3 Å². The van der Waals surface area contributed by atoms with Crippen molar-refractivity contribution in [1.82, 2.24) is 14.9 Å². The molecule has 0 saturated heterocycles. The van der Waals surface area contributed by atoms with Gasteiger partial charge in [-0.2, -0.15) is 0 Å². The van der Waals surface area contributed by atoms with Crippen LogP contribution in [0.2, 0.25) is 0 Å². The van der Waals surface area contributed by atoms with Gasteiger partial charge >= 0.3 is 11.9 Å². The predicted molar refractivity (Wildman–Crippen MR) is 134 cm³/mol. The average Bonchev–Trinajstić information content (AvgIpc) is 3.26. The Morgan fingerprint density at radius 1 is 1.15 bits per heavy atom. The van der Waals surface area contributed by atoms with Gasteiger partial charge in [0.1, 0.15) is 18.2 Å². The lowest BCUT2D eigenvalue weighted by molar-refractivity contribution is -0.157. The van der Waals surface area contributed by atoms with E-state index in [2.05, 4.69) is 36.3 Å². The molecule has 34 heavy (non-hydrogen) atoms. The molecule has 1 aromatic carbocycles. The lowest BCUT2D eigenvalue weighted by Gasteiger charge is -2.25. The van der Waals surface area contributed by atoms with Crippen LogP contribution in [0.5, 0.6) is 0 Å². The lowest BCUT2D eigenvalue weighted by atomic mass is 10.0. The number of aromatic nitrogens is 2. The van der Waals surface area contributed by atoms with Gasteiger partial charge in [-0.05, 0) is 50.3 Å². The van der Waals surface area contributed by atoms with Crippen LogP contribution in [0, 0.1) is 5.92 Å². The van der Waals surface area contributed by atoms with E-state index < -0.39 is 17.6 Å². The maximum Gasteiger partial charge on any atom is 0.330 e. The van der Waals surface area contributed by atoms with Crippen molar-refractivity contribution in [3.8, 4) is 0 Å². The number of nitrogens with zero attached hydrogens (tertiary/aromatic N) is 2. The summed E-state index contributed by atoms with van der Waals surface area (Å²) in [6, 6.07) is 7.74. The minimum atomic E-state index is -0.538. The van der Waals surface area contributed by atoms with E-state index in [9.17, 15) is 9.59 Å². The summed E-state index contributed by atoms with van der Waals surface area (Å²) < 4.78 is 12.7. The molecule has 0 aliphatic carbocycles. The largest absolute Gasteiger partial charge is 0.459 e. The molecular weight excluding hydrogens is 430 g/mol. The summed E-state index contributed by atoms with van der Waals surface area (Å²) in [4.78, 5) is 28.4. The van der Waals surface area contributed by atoms with Crippen molar-refractivity contribution in [2.24, 2.45) is 5.92 Å². The summed E-state index contributed by atoms with van der Waals surface area (Å²) in [7, 11) is 0. The summed E-state index contributed by atoms with van der Waals surface area (Å²) in [6.45, 7) is 11.0. The number of esters is 2. The van der Waals surface area contributed by atoms with Crippen molar-refractivity contribution < 1.29 is 19.1 Å². The average molecular weight is 468 g/mol. The first-order chi connectivity index (χ1) is 16.1. The molecule has 1 atom stereocenters. The minimum absolute atomic E-state index is 0.182. The minimum Gasteiger partial charge on any atom is -0.459 e. The lowest BCUT2D eigenvalue weighted by Crippen LogP contribution is -2.42. The van der Waals surface area contributed by atoms with Gasteiger partial charge in [0.15, 0.2) is 0 Å². The molecule has 0 saturated carbocycles. The highest BCUT2D eigenvalue weighted by molar-refractivity contribution is 5.82. The van der Waals surface area contributed by atoms with Gasteiger partial charge in [-0.25, -0.2) is 9.78 Å². The van der Waals surface area contributed by atoms with Crippen molar-refractivity contribution in [3.63, 3.8) is 0 Å². The monoisotopic (exact) mass is 467 g/mol. The standard InChI is InChI=1S/C27H37N3O4/c1-21(2)18-24(26(32)34-27(3,4)5)29-14-6-9-25(31)33-17-7-8-22-10-12-23(13-11-22)19-30-16-15-28-20-30/h6-13,15-16,20-21,24,29H,14,17-19H2,1-5H3/t24-/m1/s1. The quantitative estimate of drug-likeness (QED) is 0.368. The molecule has 0 bridgehead atoms. The van der Waals surface area contributed by atoms with E-state index in [0.717, 1.165) is 12.1 Å². The van der Waals surface area contributed by atoms with Crippen molar-refractivity contribution in [1.29, 1.82) is 0 Å². The number of carbonyl (C=O) groups excluding carboxylic acids is 2. The zero-order valence-corrected chi connectivity index (χ0v) is 20.9. The van der Waals surface area contributed by atoms with E-state index in [0.29, 0.717) is 18.9 Å². The topological polar surface area (TPSA) is 82.5 Å². The Morgan fingerprint density at radius 2 is 1.88 bits per heavy atom. The maximum absolute atomic E-state index is 12.4. The van der Waals surface area contributed by atoms with Crippen LogP contribution in [0.4, 0.5) is 0 Å². The molecule has 2 rings (SSSR count). The number of hydrogen-bond donors (Lipinski definition) is 1. The van der Waals surface area contributed by atoms with E-state index in [-0.39, 0.29) is 12.6 Å². The molecule has 1 aromatic heterocycles. The van der Waals surface area contributed by atoms with Crippen LogP contribution < -0.4 is 5.32 Å². The fraction of sp³-hybridized carbons (Fsp3) is 0.444. The highest BCUT2D eigenvalue weighted by Crippen LogP contribution is 2.13. The number of nitrogens with one attached hydrogen (secondary N) is 1. The van der Waals surface area contributed by atoms with Gasteiger partial charge in [-0.1, -0.05) is 50.3 Å². The number of ether oxygens (including phenoxy) is 2. The van der Waals surface area contributed by atoms with Crippen molar-refractivity contribution in [2.75, 3.05) is 13.2 Å². The Bertz CT molecular complexity index is 939. The summed E-state index contributed by atoms with van der Waals surface area (Å²) in [5.74, 6) is -0.379. The molecule has 2 aromatic rings. The molecular formula is C27H37N3O4. The Labute approximate surface area is 202 Å².